The summed E-state index contributed by atoms with van der Waals surface area (Å²) < 4.78 is 0. The maximum Gasteiger partial charge on any atom is 0.246 e. The predicted molar refractivity (Wildman–Crippen MR) is 169 cm³/mol. The van der Waals surface area contributed by atoms with Crippen LogP contribution in [0, 0.1) is 12.3 Å². The second kappa shape index (κ2) is 14.1. The lowest BCUT2D eigenvalue weighted by Crippen LogP contribution is -2.62. The van der Waals surface area contributed by atoms with Gasteiger partial charge in [0.05, 0.1) is 11.8 Å². The van der Waals surface area contributed by atoms with E-state index in [4.69, 9.17) is 6.42 Å². The minimum atomic E-state index is -1.11. The Morgan fingerprint density at radius 1 is 0.844 bits per heavy atom. The molecule has 5 N–H and O–H groups in total. The molecule has 0 spiro atoms. The molecule has 45 heavy (non-hydrogen) atoms. The smallest absolute Gasteiger partial charge is 0.246 e. The van der Waals surface area contributed by atoms with Crippen LogP contribution in [0.3, 0.4) is 0 Å². The zero-order chi connectivity index (χ0) is 31.9. The fourth-order valence-corrected chi connectivity index (χ4v) is 5.98. The second-order valence-corrected chi connectivity index (χ2v) is 11.4. The third-order valence-electron chi connectivity index (χ3n) is 8.22. The monoisotopic (exact) mass is 607 g/mol. The number of aromatic nitrogens is 1. The number of aromatic amines is 1. The molecular weight excluding hydrogens is 570 g/mol. The number of amides is 4. The molecular formula is C35H37N5O5. The summed E-state index contributed by atoms with van der Waals surface area (Å²) in [5.74, 6) is 0.463. The van der Waals surface area contributed by atoms with Gasteiger partial charge in [0.2, 0.25) is 23.6 Å². The van der Waals surface area contributed by atoms with Crippen molar-refractivity contribution in [3.63, 3.8) is 0 Å². The number of aliphatic hydroxyl groups is 1. The van der Waals surface area contributed by atoms with Gasteiger partial charge in [-0.1, -0.05) is 78.7 Å². The Morgan fingerprint density at radius 3 is 2.00 bits per heavy atom. The highest BCUT2D eigenvalue weighted by Crippen LogP contribution is 2.22. The molecule has 10 heteroatoms. The molecule has 10 nitrogen and oxygen atoms in total. The second-order valence-electron chi connectivity index (χ2n) is 11.4. The molecule has 1 aromatic heterocycles. The lowest BCUT2D eigenvalue weighted by Gasteiger charge is -2.32. The number of nitrogens with one attached hydrogen (secondary N) is 4. The van der Waals surface area contributed by atoms with Crippen LogP contribution in [0.4, 0.5) is 0 Å². The van der Waals surface area contributed by atoms with Gasteiger partial charge in [0.15, 0.2) is 0 Å². The van der Waals surface area contributed by atoms with Gasteiger partial charge in [-0.25, -0.2) is 0 Å². The van der Waals surface area contributed by atoms with Gasteiger partial charge in [0.25, 0.3) is 0 Å². The van der Waals surface area contributed by atoms with Crippen LogP contribution >= 0.6 is 0 Å². The molecule has 3 aromatic rings. The van der Waals surface area contributed by atoms with Crippen molar-refractivity contribution in [2.24, 2.45) is 0 Å². The first-order valence-electron chi connectivity index (χ1n) is 15.0. The van der Waals surface area contributed by atoms with Gasteiger partial charge < -0.3 is 30.9 Å². The van der Waals surface area contributed by atoms with E-state index in [-0.39, 0.29) is 32.2 Å². The maximum atomic E-state index is 14.1. The van der Waals surface area contributed by atoms with E-state index in [1.54, 1.807) is 6.20 Å². The predicted octanol–water partition coefficient (Wildman–Crippen LogP) is 1.49. The maximum absolute atomic E-state index is 14.1. The molecule has 232 valence electrons. The number of hydrogen-bond acceptors (Lipinski definition) is 5. The van der Waals surface area contributed by atoms with Crippen LogP contribution in [-0.4, -0.2) is 75.4 Å². The normalized spacial score (nSPS) is 24.2. The summed E-state index contributed by atoms with van der Waals surface area (Å²) in [6.07, 6.45) is 10.5. The number of carbonyl (C=O) groups excluding carboxylic acids is 4. The summed E-state index contributed by atoms with van der Waals surface area (Å²) >= 11 is 0. The summed E-state index contributed by atoms with van der Waals surface area (Å²) in [5, 5.41) is 19.1. The quantitative estimate of drug-likeness (QED) is 0.259. The van der Waals surface area contributed by atoms with E-state index < -0.39 is 53.9 Å². The van der Waals surface area contributed by atoms with Crippen LogP contribution in [0.25, 0.3) is 6.08 Å². The summed E-state index contributed by atoms with van der Waals surface area (Å²) in [4.78, 5) is 60.1. The molecule has 0 radical (unpaired) electrons. The molecule has 0 unspecified atom stereocenters. The van der Waals surface area contributed by atoms with Crippen LogP contribution in [0.5, 0.6) is 0 Å². The molecule has 5 atom stereocenters. The Morgan fingerprint density at radius 2 is 1.40 bits per heavy atom. The molecule has 0 bridgehead atoms. The summed E-state index contributed by atoms with van der Waals surface area (Å²) in [6.45, 7) is 1.78. The molecule has 2 aliphatic rings. The number of aliphatic hydroxyl groups excluding tert-OH is 1. The summed E-state index contributed by atoms with van der Waals surface area (Å²) in [6, 6.07) is 14.2. The fourth-order valence-electron chi connectivity index (χ4n) is 5.98. The first-order valence-corrected chi connectivity index (χ1v) is 15.0. The number of terminal acetylenes is 1. The number of benzene rings is 2. The zero-order valence-corrected chi connectivity index (χ0v) is 25.0. The van der Waals surface area contributed by atoms with E-state index in [1.807, 2.05) is 79.7 Å². The van der Waals surface area contributed by atoms with Crippen LogP contribution < -0.4 is 16.0 Å². The Kier molecular flexibility index (Phi) is 9.80. The van der Waals surface area contributed by atoms with Gasteiger partial charge in [0.1, 0.15) is 24.2 Å². The number of carbonyl (C=O) groups is 4. The number of H-pyrrole nitrogens is 1. The van der Waals surface area contributed by atoms with Crippen LogP contribution in [0.2, 0.25) is 0 Å². The summed E-state index contributed by atoms with van der Waals surface area (Å²) in [7, 11) is 0. The van der Waals surface area contributed by atoms with Crippen molar-refractivity contribution in [2.45, 2.75) is 62.9 Å². The SMILES string of the molecule is C#Cc1[nH]cc(C[C@@H]2NC(=O)[C@H](Cc3ccccc3)NC(=O)[C@H]3C[C@H](O)CN3C(=O)[C@H](Cc3ccccc3)NC2=O)c1/C=C\C. The number of rotatable bonds is 7. The zero-order valence-electron chi connectivity index (χ0n) is 25.0. The summed E-state index contributed by atoms with van der Waals surface area (Å²) in [5.41, 5.74) is 3.55. The molecule has 5 rings (SSSR count). The van der Waals surface area contributed by atoms with Crippen molar-refractivity contribution in [1.82, 2.24) is 25.8 Å². The standard InChI is InChI=1S/C35H37N5O5/c1-3-11-26-24(20-36-27(26)4-2)18-29-33(43)39-30(17-23-14-9-6-10-15-23)35(45)40-21-25(41)19-31(40)34(44)38-28(32(42)37-29)16-22-12-7-5-8-13-22/h2-3,5-15,20,25,28-31,36,41H,16-19,21H2,1H3,(H,37,42)(H,38,44)(H,39,43)/b11-3-/t25-,28-,29-,30-,31+/m0/s1. The van der Waals surface area contributed by atoms with Gasteiger partial charge in [-0.15, -0.1) is 6.42 Å². The molecule has 0 saturated carbocycles. The fraction of sp³-hybridized carbons (Fsp3) is 0.314. The number of fused-ring (bicyclic) bond motifs is 1. The van der Waals surface area contributed by atoms with E-state index in [0.717, 1.165) is 11.1 Å². The number of hydrogen-bond donors (Lipinski definition) is 5. The van der Waals surface area contributed by atoms with Gasteiger partial charge in [-0.05, 0) is 23.6 Å². The molecule has 2 fully saturated rings. The molecule has 2 aromatic carbocycles. The largest absolute Gasteiger partial charge is 0.391 e. The van der Waals surface area contributed by atoms with Crippen molar-refractivity contribution in [2.75, 3.05) is 6.54 Å². The van der Waals surface area contributed by atoms with Crippen LogP contribution in [0.15, 0.2) is 72.9 Å². The van der Waals surface area contributed by atoms with Gasteiger partial charge >= 0.3 is 0 Å². The van der Waals surface area contributed by atoms with E-state index >= 15 is 0 Å². The molecule has 4 amide bonds. The van der Waals surface area contributed by atoms with Gasteiger partial charge in [0, 0.05) is 44.0 Å². The van der Waals surface area contributed by atoms with Crippen molar-refractivity contribution in [1.29, 1.82) is 0 Å². The van der Waals surface area contributed by atoms with Crippen molar-refractivity contribution >= 4 is 29.7 Å². The Labute approximate surface area is 262 Å². The van der Waals surface area contributed by atoms with Crippen LogP contribution in [-0.2, 0) is 38.4 Å². The molecule has 2 aliphatic heterocycles. The van der Waals surface area contributed by atoms with E-state index in [1.165, 1.54) is 4.90 Å². The van der Waals surface area contributed by atoms with Gasteiger partial charge in [-0.3, -0.25) is 19.2 Å². The van der Waals surface area contributed by atoms with Gasteiger partial charge in [-0.2, -0.15) is 0 Å². The highest BCUT2D eigenvalue weighted by molar-refractivity contribution is 5.98. The van der Waals surface area contributed by atoms with Crippen molar-refractivity contribution in [3.8, 4) is 12.3 Å². The number of nitrogens with zero attached hydrogens (tertiary/aromatic N) is 1. The minimum absolute atomic E-state index is 0.0185. The highest BCUT2D eigenvalue weighted by Gasteiger charge is 2.43. The molecule has 0 aliphatic carbocycles. The van der Waals surface area contributed by atoms with Crippen LogP contribution in [0.1, 0.15) is 41.3 Å². The Balaban J connectivity index is 1.54. The van der Waals surface area contributed by atoms with E-state index in [2.05, 4.69) is 26.9 Å². The van der Waals surface area contributed by atoms with E-state index in [9.17, 15) is 24.3 Å². The topological polar surface area (TPSA) is 144 Å². The average Bonchev–Trinajstić information content (AvgIpc) is 3.63. The van der Waals surface area contributed by atoms with E-state index in [0.29, 0.717) is 16.8 Å². The lowest BCUT2D eigenvalue weighted by atomic mass is 9.98. The first kappa shape index (κ1) is 31.3. The first-order chi connectivity index (χ1) is 21.8. The average molecular weight is 608 g/mol. The third kappa shape index (κ3) is 7.33. The lowest BCUT2D eigenvalue weighted by molar-refractivity contribution is -0.143. The minimum Gasteiger partial charge on any atom is -0.391 e. The third-order valence-corrected chi connectivity index (χ3v) is 8.22. The Bertz CT molecular complexity index is 1610. The Hall–Kier alpha value is -5.14. The van der Waals surface area contributed by atoms with Crippen molar-refractivity contribution in [3.05, 3.63) is 101 Å². The molecule has 3 heterocycles. The van der Waals surface area contributed by atoms with Crippen molar-refractivity contribution < 1.29 is 24.3 Å². The highest BCUT2D eigenvalue weighted by atomic mass is 16.3. The number of allylic oxidation sites excluding steroid dienone is 1. The molecule has 2 saturated heterocycles.